The highest BCUT2D eigenvalue weighted by Gasteiger charge is 2.44. The minimum atomic E-state index is -0.198. The van der Waals surface area contributed by atoms with Gasteiger partial charge in [0.05, 0.1) is 24.9 Å². The Hall–Kier alpha value is -2.38. The molecule has 182 valence electrons. The summed E-state index contributed by atoms with van der Waals surface area (Å²) >= 11 is 0. The Morgan fingerprint density at radius 3 is 2.00 bits per heavy atom. The van der Waals surface area contributed by atoms with Crippen molar-refractivity contribution in [2.24, 2.45) is 0 Å². The lowest BCUT2D eigenvalue weighted by atomic mass is 10.0. The monoisotopic (exact) mass is 458 g/mol. The summed E-state index contributed by atoms with van der Waals surface area (Å²) in [4.78, 5) is 31.0. The molecule has 2 aliphatic rings. The van der Waals surface area contributed by atoms with Crippen LogP contribution in [0.1, 0.15) is 57.9 Å². The highest BCUT2D eigenvalue weighted by atomic mass is 16.5. The van der Waals surface area contributed by atoms with Gasteiger partial charge in [-0.25, -0.2) is 0 Å². The Morgan fingerprint density at radius 1 is 0.909 bits per heavy atom. The van der Waals surface area contributed by atoms with E-state index in [9.17, 15) is 9.59 Å². The molecule has 0 N–H and O–H groups in total. The molecule has 7 heteroatoms. The van der Waals surface area contributed by atoms with E-state index in [4.69, 9.17) is 14.2 Å². The van der Waals surface area contributed by atoms with Crippen LogP contribution in [0, 0.1) is 0 Å². The first-order valence-corrected chi connectivity index (χ1v) is 12.1. The number of benzene rings is 1. The second kappa shape index (κ2) is 12.2. The lowest BCUT2D eigenvalue weighted by molar-refractivity contribution is -0.140. The molecular formula is C26H38N2O5. The van der Waals surface area contributed by atoms with Crippen LogP contribution >= 0.6 is 0 Å². The van der Waals surface area contributed by atoms with Crippen LogP contribution in [-0.2, 0) is 19.1 Å². The fraction of sp³-hybridized carbons (Fsp3) is 0.615. The standard InChI is InChI=1S/C26H38N2O5/c1-19(2)33-22-13-11-20(12-14-22)23-24(27(15-17-31-3)16-18-32-4)26(30)28(25(23)29)21-9-7-5-6-8-10-21/h11-14,19,21H,5-10,15-18H2,1-4H3. The maximum Gasteiger partial charge on any atom is 0.278 e. The van der Waals surface area contributed by atoms with Crippen molar-refractivity contribution >= 4 is 17.4 Å². The van der Waals surface area contributed by atoms with Crippen LogP contribution in [-0.4, -0.2) is 74.3 Å². The first-order chi connectivity index (χ1) is 16.0. The van der Waals surface area contributed by atoms with Crippen LogP contribution in [0.15, 0.2) is 30.0 Å². The molecule has 0 unspecified atom stereocenters. The molecule has 7 nitrogen and oxygen atoms in total. The van der Waals surface area contributed by atoms with Gasteiger partial charge in [0.25, 0.3) is 11.8 Å². The van der Waals surface area contributed by atoms with Crippen molar-refractivity contribution in [3.63, 3.8) is 0 Å². The van der Waals surface area contributed by atoms with Gasteiger partial charge in [-0.05, 0) is 44.4 Å². The van der Waals surface area contributed by atoms with Crippen molar-refractivity contribution < 1.29 is 23.8 Å². The molecule has 0 radical (unpaired) electrons. The van der Waals surface area contributed by atoms with Crippen LogP contribution in [0.3, 0.4) is 0 Å². The lowest BCUT2D eigenvalue weighted by Crippen LogP contribution is -2.43. The van der Waals surface area contributed by atoms with E-state index in [1.54, 1.807) is 14.2 Å². The Labute approximate surface area is 197 Å². The molecule has 0 atom stereocenters. The van der Waals surface area contributed by atoms with Crippen molar-refractivity contribution in [2.75, 3.05) is 40.5 Å². The quantitative estimate of drug-likeness (QED) is 0.370. The normalized spacial score (nSPS) is 17.8. The van der Waals surface area contributed by atoms with Gasteiger partial charge in [-0.15, -0.1) is 0 Å². The molecule has 1 aromatic rings. The van der Waals surface area contributed by atoms with Crippen molar-refractivity contribution in [3.05, 3.63) is 35.5 Å². The van der Waals surface area contributed by atoms with Crippen LogP contribution in [0.2, 0.25) is 0 Å². The van der Waals surface area contributed by atoms with Gasteiger partial charge in [0.1, 0.15) is 11.4 Å². The molecule has 3 rings (SSSR count). The number of rotatable bonds is 11. The van der Waals surface area contributed by atoms with E-state index < -0.39 is 0 Å². The molecule has 1 aromatic carbocycles. The molecule has 0 bridgehead atoms. The van der Waals surface area contributed by atoms with Gasteiger partial charge in [0.2, 0.25) is 0 Å². The van der Waals surface area contributed by atoms with Gasteiger partial charge in [-0.3, -0.25) is 14.5 Å². The number of imide groups is 1. The van der Waals surface area contributed by atoms with Gasteiger partial charge in [-0.1, -0.05) is 37.8 Å². The van der Waals surface area contributed by atoms with E-state index in [0.29, 0.717) is 37.6 Å². The summed E-state index contributed by atoms with van der Waals surface area (Å²) in [5.41, 5.74) is 1.65. The highest BCUT2D eigenvalue weighted by Crippen LogP contribution is 2.36. The third kappa shape index (κ3) is 6.15. The van der Waals surface area contributed by atoms with Crippen LogP contribution in [0.4, 0.5) is 0 Å². The molecule has 0 spiro atoms. The third-order valence-electron chi connectivity index (χ3n) is 6.24. The molecule has 1 aliphatic heterocycles. The van der Waals surface area contributed by atoms with Crippen LogP contribution in [0.25, 0.3) is 5.57 Å². The molecular weight excluding hydrogens is 420 g/mol. The van der Waals surface area contributed by atoms with Crippen molar-refractivity contribution in [3.8, 4) is 5.75 Å². The van der Waals surface area contributed by atoms with E-state index in [0.717, 1.165) is 49.8 Å². The van der Waals surface area contributed by atoms with Gasteiger partial charge < -0.3 is 19.1 Å². The number of carbonyl (C=O) groups is 2. The summed E-state index contributed by atoms with van der Waals surface area (Å²) in [5, 5.41) is 0. The molecule has 1 heterocycles. The Morgan fingerprint density at radius 2 is 1.48 bits per heavy atom. The molecule has 1 saturated carbocycles. The SMILES string of the molecule is COCCN(CCOC)C1=C(c2ccc(OC(C)C)cc2)C(=O)N(C2CCCCCC2)C1=O. The minimum Gasteiger partial charge on any atom is -0.491 e. The smallest absolute Gasteiger partial charge is 0.278 e. The first-order valence-electron chi connectivity index (χ1n) is 12.1. The number of hydrogen-bond donors (Lipinski definition) is 0. The van der Waals surface area contributed by atoms with Gasteiger partial charge >= 0.3 is 0 Å². The first kappa shape index (κ1) is 25.2. The summed E-state index contributed by atoms with van der Waals surface area (Å²) in [7, 11) is 3.27. The number of amides is 2. The number of methoxy groups -OCH3 is 2. The maximum atomic E-state index is 13.8. The van der Waals surface area contributed by atoms with Crippen LogP contribution in [0.5, 0.6) is 5.75 Å². The predicted molar refractivity (Wildman–Crippen MR) is 128 cm³/mol. The molecule has 33 heavy (non-hydrogen) atoms. The zero-order valence-corrected chi connectivity index (χ0v) is 20.5. The largest absolute Gasteiger partial charge is 0.491 e. The summed E-state index contributed by atoms with van der Waals surface area (Å²) < 4.78 is 16.4. The second-order valence-corrected chi connectivity index (χ2v) is 9.01. The topological polar surface area (TPSA) is 68.3 Å². The minimum absolute atomic E-state index is 0.0461. The Balaban J connectivity index is 2.01. The molecule has 0 aromatic heterocycles. The Bertz CT molecular complexity index is 818. The maximum absolute atomic E-state index is 13.8. The average molecular weight is 459 g/mol. The molecule has 0 saturated heterocycles. The van der Waals surface area contributed by atoms with Crippen molar-refractivity contribution in [1.29, 1.82) is 0 Å². The van der Waals surface area contributed by atoms with Crippen molar-refractivity contribution in [1.82, 2.24) is 9.80 Å². The van der Waals surface area contributed by atoms with Crippen LogP contribution < -0.4 is 4.74 Å². The number of hydrogen-bond acceptors (Lipinski definition) is 6. The van der Waals surface area contributed by atoms with Gasteiger partial charge in [0, 0.05) is 33.4 Å². The van der Waals surface area contributed by atoms with E-state index >= 15 is 0 Å². The predicted octanol–water partition coefficient (Wildman–Crippen LogP) is 3.87. The van der Waals surface area contributed by atoms with Crippen molar-refractivity contribution in [2.45, 2.75) is 64.5 Å². The van der Waals surface area contributed by atoms with E-state index in [1.165, 1.54) is 4.90 Å². The summed E-state index contributed by atoms with van der Waals surface area (Å²) in [5.74, 6) is 0.347. The van der Waals surface area contributed by atoms with E-state index in [1.807, 2.05) is 43.0 Å². The lowest BCUT2D eigenvalue weighted by Gasteiger charge is -2.28. The summed E-state index contributed by atoms with van der Waals surface area (Å²) in [6.07, 6.45) is 6.21. The molecule has 2 amide bonds. The average Bonchev–Trinajstić information content (AvgIpc) is 2.95. The fourth-order valence-electron chi connectivity index (χ4n) is 4.65. The van der Waals surface area contributed by atoms with Gasteiger partial charge in [-0.2, -0.15) is 0 Å². The molecule has 1 fully saturated rings. The second-order valence-electron chi connectivity index (χ2n) is 9.01. The summed E-state index contributed by atoms with van der Waals surface area (Å²) in [6, 6.07) is 7.43. The van der Waals surface area contributed by atoms with Gasteiger partial charge in [0.15, 0.2) is 0 Å². The van der Waals surface area contributed by atoms with E-state index in [-0.39, 0.29) is 24.0 Å². The third-order valence-corrected chi connectivity index (χ3v) is 6.24. The zero-order chi connectivity index (χ0) is 23.8. The number of ether oxygens (including phenoxy) is 3. The molecule has 1 aliphatic carbocycles. The number of carbonyl (C=O) groups excluding carboxylic acids is 2. The zero-order valence-electron chi connectivity index (χ0n) is 20.5. The van der Waals surface area contributed by atoms with E-state index in [2.05, 4.69) is 0 Å². The number of nitrogens with zero attached hydrogens (tertiary/aromatic N) is 2. The summed E-state index contributed by atoms with van der Waals surface area (Å²) in [6.45, 7) is 5.86. The Kier molecular flexibility index (Phi) is 9.32. The highest BCUT2D eigenvalue weighted by molar-refractivity contribution is 6.35. The fourth-order valence-corrected chi connectivity index (χ4v) is 4.65.